The van der Waals surface area contributed by atoms with Crippen LogP contribution in [0, 0.1) is 0 Å². The van der Waals surface area contributed by atoms with Gasteiger partial charge in [0.1, 0.15) is 0 Å². The van der Waals surface area contributed by atoms with Crippen molar-refractivity contribution in [1.82, 2.24) is 4.90 Å². The third-order valence-electron chi connectivity index (χ3n) is 5.01. The summed E-state index contributed by atoms with van der Waals surface area (Å²) in [7, 11) is -0.437. The summed E-state index contributed by atoms with van der Waals surface area (Å²) in [6, 6.07) is 7.82. The molecule has 1 saturated heterocycles. The molecule has 2 rings (SSSR count). The van der Waals surface area contributed by atoms with E-state index in [4.69, 9.17) is 9.31 Å². The van der Waals surface area contributed by atoms with Gasteiger partial charge in [-0.25, -0.2) is 4.79 Å². The van der Waals surface area contributed by atoms with Crippen molar-refractivity contribution in [3.63, 3.8) is 0 Å². The number of carbonyl (C=O) groups is 1. The van der Waals surface area contributed by atoms with Crippen molar-refractivity contribution in [3.05, 3.63) is 24.3 Å². The molecule has 0 aliphatic carbocycles. The Balaban J connectivity index is 2.16. The zero-order valence-electron chi connectivity index (χ0n) is 16.7. The summed E-state index contributed by atoms with van der Waals surface area (Å²) in [6.45, 7) is 16.2. The minimum Gasteiger partial charge on any atom is -0.399 e. The monoisotopic (exact) mass is 346 g/mol. The van der Waals surface area contributed by atoms with Crippen LogP contribution in [-0.2, 0) is 9.31 Å². The minimum absolute atomic E-state index is 0.101. The third-order valence-corrected chi connectivity index (χ3v) is 5.01. The van der Waals surface area contributed by atoms with E-state index in [2.05, 4.69) is 5.32 Å². The largest absolute Gasteiger partial charge is 0.494 e. The van der Waals surface area contributed by atoms with Gasteiger partial charge in [0.2, 0.25) is 0 Å². The van der Waals surface area contributed by atoms with Gasteiger partial charge in [-0.05, 0) is 73.0 Å². The summed E-state index contributed by atoms with van der Waals surface area (Å²) in [4.78, 5) is 14.4. The predicted octanol–water partition coefficient (Wildman–Crippen LogP) is 3.64. The normalized spacial score (nSPS) is 18.7. The maximum Gasteiger partial charge on any atom is 0.494 e. The smallest absolute Gasteiger partial charge is 0.399 e. The van der Waals surface area contributed by atoms with Crippen LogP contribution in [0.2, 0.25) is 0 Å². The highest BCUT2D eigenvalue weighted by Crippen LogP contribution is 2.36. The van der Waals surface area contributed by atoms with E-state index in [1.54, 1.807) is 0 Å². The lowest BCUT2D eigenvalue weighted by Gasteiger charge is -2.32. The zero-order valence-corrected chi connectivity index (χ0v) is 16.7. The molecular formula is C19H31BN2O3. The number of nitrogens with one attached hydrogen (secondary N) is 1. The van der Waals surface area contributed by atoms with Gasteiger partial charge in [-0.3, -0.25) is 0 Å². The highest BCUT2D eigenvalue weighted by atomic mass is 16.7. The molecule has 1 N–H and O–H groups in total. The number of hydrogen-bond acceptors (Lipinski definition) is 3. The van der Waals surface area contributed by atoms with E-state index in [0.717, 1.165) is 11.2 Å². The molecule has 0 spiro atoms. The molecule has 0 radical (unpaired) electrons. The van der Waals surface area contributed by atoms with Crippen molar-refractivity contribution in [1.29, 1.82) is 0 Å². The Morgan fingerprint density at radius 3 is 2.04 bits per heavy atom. The number of carbonyl (C=O) groups excluding carboxylic acids is 1. The first kappa shape index (κ1) is 19.8. The molecule has 5 nitrogen and oxygen atoms in total. The van der Waals surface area contributed by atoms with Gasteiger partial charge in [-0.15, -0.1) is 0 Å². The second-order valence-corrected chi connectivity index (χ2v) is 8.24. The van der Waals surface area contributed by atoms with Crippen molar-refractivity contribution in [2.45, 2.75) is 78.7 Å². The topological polar surface area (TPSA) is 50.8 Å². The fourth-order valence-corrected chi connectivity index (χ4v) is 3.00. The highest BCUT2D eigenvalue weighted by Gasteiger charge is 2.51. The Kier molecular flexibility index (Phi) is 5.54. The van der Waals surface area contributed by atoms with Gasteiger partial charge in [0.05, 0.1) is 11.2 Å². The fraction of sp³-hybridized carbons (Fsp3) is 0.632. The van der Waals surface area contributed by atoms with Gasteiger partial charge < -0.3 is 19.5 Å². The Bertz CT molecular complexity index is 605. The maximum atomic E-state index is 12.6. The Morgan fingerprint density at radius 1 is 1.04 bits per heavy atom. The number of amides is 2. The van der Waals surface area contributed by atoms with Crippen molar-refractivity contribution < 1.29 is 14.1 Å². The van der Waals surface area contributed by atoms with Crippen molar-refractivity contribution in [2.75, 3.05) is 5.32 Å². The van der Waals surface area contributed by atoms with Crippen molar-refractivity contribution in [3.8, 4) is 0 Å². The molecule has 0 bridgehead atoms. The Morgan fingerprint density at radius 2 is 1.56 bits per heavy atom. The van der Waals surface area contributed by atoms with Crippen LogP contribution < -0.4 is 10.8 Å². The van der Waals surface area contributed by atoms with Gasteiger partial charge in [-0.1, -0.05) is 12.1 Å². The van der Waals surface area contributed by atoms with Crippen LogP contribution in [-0.4, -0.2) is 41.3 Å². The molecular weight excluding hydrogens is 315 g/mol. The average Bonchev–Trinajstić information content (AvgIpc) is 2.66. The Hall–Kier alpha value is -1.53. The van der Waals surface area contributed by atoms with E-state index in [-0.39, 0.29) is 29.3 Å². The first-order valence-electron chi connectivity index (χ1n) is 8.99. The number of nitrogens with zero attached hydrogens (tertiary/aromatic N) is 1. The molecule has 138 valence electrons. The quantitative estimate of drug-likeness (QED) is 0.847. The molecule has 0 atom stereocenters. The summed E-state index contributed by atoms with van der Waals surface area (Å²) < 4.78 is 12.2. The van der Waals surface area contributed by atoms with Crippen LogP contribution >= 0.6 is 0 Å². The molecule has 2 amide bonds. The second-order valence-electron chi connectivity index (χ2n) is 8.24. The summed E-state index contributed by atoms with van der Waals surface area (Å²) >= 11 is 0. The lowest BCUT2D eigenvalue weighted by molar-refractivity contribution is 0.00578. The molecule has 1 aliphatic rings. The van der Waals surface area contributed by atoms with Crippen molar-refractivity contribution in [2.24, 2.45) is 0 Å². The standard InChI is InChI=1S/C19H31BN2O3/c1-13(2)22(14(3)4)17(23)21-16-11-9-10-15(12-16)20-24-18(5,6)19(7,8)25-20/h9-14H,1-8H3,(H,21,23). The number of rotatable bonds is 4. The van der Waals surface area contributed by atoms with Gasteiger partial charge in [-0.2, -0.15) is 0 Å². The highest BCUT2D eigenvalue weighted by molar-refractivity contribution is 6.62. The van der Waals surface area contributed by atoms with Crippen LogP contribution in [0.5, 0.6) is 0 Å². The molecule has 1 aliphatic heterocycles. The number of urea groups is 1. The lowest BCUT2D eigenvalue weighted by Crippen LogP contribution is -2.44. The molecule has 0 aromatic heterocycles. The van der Waals surface area contributed by atoms with Crippen LogP contribution in [0.25, 0.3) is 0 Å². The molecule has 1 aromatic rings. The first-order valence-corrected chi connectivity index (χ1v) is 8.99. The zero-order chi connectivity index (χ0) is 19.0. The first-order chi connectivity index (χ1) is 11.4. The van der Waals surface area contributed by atoms with Gasteiger partial charge in [0.15, 0.2) is 0 Å². The SMILES string of the molecule is CC(C)N(C(=O)Nc1cccc(B2OC(C)(C)C(C)(C)O2)c1)C(C)C. The number of hydrogen-bond donors (Lipinski definition) is 1. The number of anilines is 1. The molecule has 1 aromatic carbocycles. The molecule has 0 unspecified atom stereocenters. The fourth-order valence-electron chi connectivity index (χ4n) is 3.00. The van der Waals surface area contributed by atoms with Gasteiger partial charge >= 0.3 is 13.1 Å². The summed E-state index contributed by atoms with van der Waals surface area (Å²) in [6.07, 6.45) is 0. The van der Waals surface area contributed by atoms with E-state index in [1.807, 2.05) is 84.6 Å². The van der Waals surface area contributed by atoms with Crippen LogP contribution in [0.15, 0.2) is 24.3 Å². The third kappa shape index (κ3) is 4.18. The Labute approximate surface area is 152 Å². The maximum absolute atomic E-state index is 12.6. The van der Waals surface area contributed by atoms with Crippen LogP contribution in [0.4, 0.5) is 10.5 Å². The van der Waals surface area contributed by atoms with E-state index in [0.29, 0.717) is 0 Å². The summed E-state index contributed by atoms with van der Waals surface area (Å²) in [5.74, 6) is 0. The van der Waals surface area contributed by atoms with Gasteiger partial charge in [0, 0.05) is 17.8 Å². The minimum atomic E-state index is -0.437. The summed E-state index contributed by atoms with van der Waals surface area (Å²) in [5, 5.41) is 2.99. The van der Waals surface area contributed by atoms with Crippen LogP contribution in [0.3, 0.4) is 0 Å². The molecule has 25 heavy (non-hydrogen) atoms. The molecule has 1 heterocycles. The average molecular weight is 346 g/mol. The van der Waals surface area contributed by atoms with E-state index in [9.17, 15) is 4.79 Å². The molecule has 0 saturated carbocycles. The number of benzene rings is 1. The van der Waals surface area contributed by atoms with E-state index >= 15 is 0 Å². The van der Waals surface area contributed by atoms with Crippen LogP contribution in [0.1, 0.15) is 55.4 Å². The van der Waals surface area contributed by atoms with E-state index in [1.165, 1.54) is 0 Å². The predicted molar refractivity (Wildman–Crippen MR) is 103 cm³/mol. The van der Waals surface area contributed by atoms with Crippen molar-refractivity contribution >= 4 is 24.3 Å². The lowest BCUT2D eigenvalue weighted by atomic mass is 9.79. The molecule has 1 fully saturated rings. The summed E-state index contributed by atoms with van der Waals surface area (Å²) in [5.41, 5.74) is 0.868. The van der Waals surface area contributed by atoms with E-state index < -0.39 is 7.12 Å². The second kappa shape index (κ2) is 7.00. The molecule has 6 heteroatoms. The van der Waals surface area contributed by atoms with Gasteiger partial charge in [0.25, 0.3) is 0 Å².